The van der Waals surface area contributed by atoms with Crippen LogP contribution in [0.3, 0.4) is 0 Å². The van der Waals surface area contributed by atoms with Crippen molar-refractivity contribution in [2.75, 3.05) is 0 Å². The first-order valence-electron chi connectivity index (χ1n) is 6.97. The van der Waals surface area contributed by atoms with Crippen LogP contribution in [0.2, 0.25) is 0 Å². The van der Waals surface area contributed by atoms with E-state index in [1.165, 1.54) is 20.1 Å². The fourth-order valence-electron chi connectivity index (χ4n) is 2.72. The predicted molar refractivity (Wildman–Crippen MR) is 89.0 cm³/mol. The van der Waals surface area contributed by atoms with Gasteiger partial charge in [-0.2, -0.15) is 13.2 Å². The summed E-state index contributed by atoms with van der Waals surface area (Å²) in [4.78, 5) is 0. The Morgan fingerprint density at radius 2 is 1.32 bits per heavy atom. The Balaban J connectivity index is 0.000000197. The number of alkyl halides is 3. The van der Waals surface area contributed by atoms with Crippen molar-refractivity contribution in [1.29, 1.82) is 0 Å². The summed E-state index contributed by atoms with van der Waals surface area (Å²) in [6, 6.07) is 17.4. The molecule has 4 nitrogen and oxygen atoms in total. The first kappa shape index (κ1) is 18.9. The monoisotopic (exact) mass is 506 g/mol. The van der Waals surface area contributed by atoms with Gasteiger partial charge >= 0.3 is 112 Å². The SMILES string of the molecule is O=S(=O)([O-])C(F)(F)F.O[Se]12Cc3ccccc3[Se+]1c1ccccc1C2. The first-order valence-corrected chi connectivity index (χ1v) is 17.6. The summed E-state index contributed by atoms with van der Waals surface area (Å²) in [5, 5.41) is 2.01. The average Bonchev–Trinajstić information content (AvgIpc) is 2.93. The molecule has 136 valence electrons. The molecule has 2 aromatic rings. The molecule has 0 amide bonds. The van der Waals surface area contributed by atoms with Crippen molar-refractivity contribution >= 4 is 42.5 Å². The minimum absolute atomic E-state index is 1.01. The van der Waals surface area contributed by atoms with Crippen LogP contribution in [0, 0.1) is 0 Å². The zero-order valence-electron chi connectivity index (χ0n) is 12.6. The molecule has 4 rings (SSSR count). The molecule has 0 bridgehead atoms. The van der Waals surface area contributed by atoms with E-state index in [-0.39, 0.29) is 0 Å². The number of benzene rings is 2. The third kappa shape index (κ3) is 3.53. The molecule has 0 unspecified atom stereocenters. The van der Waals surface area contributed by atoms with Crippen LogP contribution in [-0.2, 0) is 20.8 Å². The number of rotatable bonds is 0. The summed E-state index contributed by atoms with van der Waals surface area (Å²) < 4.78 is 73.0. The molecule has 0 radical (unpaired) electrons. The predicted octanol–water partition coefficient (Wildman–Crippen LogP) is 0.554. The average molecular weight is 504 g/mol. The van der Waals surface area contributed by atoms with Gasteiger partial charge in [0.05, 0.1) is 0 Å². The Morgan fingerprint density at radius 3 is 1.68 bits per heavy atom. The second kappa shape index (κ2) is 6.39. The maximum absolute atomic E-state index is 11.1. The second-order valence-electron chi connectivity index (χ2n) is 5.45. The quantitative estimate of drug-likeness (QED) is 0.323. The number of fused-ring (bicyclic) bond motifs is 5. The van der Waals surface area contributed by atoms with Crippen molar-refractivity contribution in [1.82, 2.24) is 0 Å². The van der Waals surface area contributed by atoms with Crippen molar-refractivity contribution in [3.8, 4) is 0 Å². The molecule has 0 aromatic heterocycles. The summed E-state index contributed by atoms with van der Waals surface area (Å²) in [5.74, 6) is 0. The van der Waals surface area contributed by atoms with Gasteiger partial charge in [-0.15, -0.1) is 0 Å². The van der Waals surface area contributed by atoms with Crippen LogP contribution in [0.4, 0.5) is 13.2 Å². The van der Waals surface area contributed by atoms with E-state index in [0.29, 0.717) is 0 Å². The molecule has 0 saturated heterocycles. The van der Waals surface area contributed by atoms with Crippen LogP contribution < -0.4 is 8.92 Å². The molecule has 0 atom stereocenters. The topological polar surface area (TPSA) is 77.4 Å². The van der Waals surface area contributed by atoms with E-state index in [2.05, 4.69) is 48.5 Å². The van der Waals surface area contributed by atoms with E-state index in [1.54, 1.807) is 0 Å². The molecule has 2 aliphatic heterocycles. The molecule has 10 heteroatoms. The van der Waals surface area contributed by atoms with Gasteiger partial charge in [0, 0.05) is 0 Å². The normalized spacial score (nSPS) is 26.5. The maximum atomic E-state index is 11.1. The molecule has 0 spiro atoms. The van der Waals surface area contributed by atoms with Gasteiger partial charge < -0.3 is 4.55 Å². The van der Waals surface area contributed by atoms with Crippen LogP contribution in [0.25, 0.3) is 0 Å². The van der Waals surface area contributed by atoms with E-state index < -0.39 is 39.1 Å². The van der Waals surface area contributed by atoms with Gasteiger partial charge in [-0.1, -0.05) is 0 Å². The van der Waals surface area contributed by atoms with Gasteiger partial charge in [0.2, 0.25) is 0 Å². The summed E-state index contributed by atoms with van der Waals surface area (Å²) in [7, 11) is -6.09. The Bertz CT molecular complexity index is 865. The molecule has 0 fully saturated rings. The number of halogens is 3. The van der Waals surface area contributed by atoms with E-state index in [4.69, 9.17) is 13.0 Å². The van der Waals surface area contributed by atoms with Crippen LogP contribution >= 0.6 is 0 Å². The standard InChI is InChI=1S/C14H12OSe2.CHF3O3S/c15-17-9-11-5-1-3-7-13(11)16(17)14-8-4-2-6-12(14)10-17;2-1(3,4)8(5,6)7/h1-8H,9-10H2;(H,5,6,7). The van der Waals surface area contributed by atoms with Gasteiger partial charge in [-0.3, -0.25) is 0 Å². The summed E-state index contributed by atoms with van der Waals surface area (Å²) in [6.45, 7) is 0. The van der Waals surface area contributed by atoms with Crippen molar-refractivity contribution in [2.45, 2.75) is 16.1 Å². The van der Waals surface area contributed by atoms with Crippen molar-refractivity contribution in [3.05, 3.63) is 59.7 Å². The molecule has 2 aliphatic rings. The minimum atomic E-state index is -6.09. The number of hydrogen-bond acceptors (Lipinski definition) is 4. The van der Waals surface area contributed by atoms with Gasteiger partial charge in [0.1, 0.15) is 0 Å². The van der Waals surface area contributed by atoms with Gasteiger partial charge in [0.15, 0.2) is 10.1 Å². The summed E-state index contributed by atoms with van der Waals surface area (Å²) >= 11 is -3.32. The van der Waals surface area contributed by atoms with Crippen molar-refractivity contribution < 1.29 is 30.3 Å². The Kier molecular flexibility index (Phi) is 4.83. The van der Waals surface area contributed by atoms with Crippen LogP contribution in [0.5, 0.6) is 0 Å². The van der Waals surface area contributed by atoms with Crippen LogP contribution in [-0.4, -0.2) is 46.1 Å². The van der Waals surface area contributed by atoms with Crippen molar-refractivity contribution in [3.63, 3.8) is 0 Å². The van der Waals surface area contributed by atoms with Gasteiger partial charge in [-0.25, -0.2) is 8.42 Å². The zero-order chi connectivity index (χ0) is 18.5. The second-order valence-corrected chi connectivity index (χ2v) is 24.6. The first-order chi connectivity index (χ1) is 11.5. The van der Waals surface area contributed by atoms with Crippen LogP contribution in [0.1, 0.15) is 11.1 Å². The van der Waals surface area contributed by atoms with E-state index >= 15 is 0 Å². The summed E-state index contributed by atoms with van der Waals surface area (Å²) in [5.41, 5.74) is -2.77. The van der Waals surface area contributed by atoms with Crippen molar-refractivity contribution in [2.24, 2.45) is 0 Å². The molecular formula is C15H13F3O4SSe2. The van der Waals surface area contributed by atoms with Crippen LogP contribution in [0.15, 0.2) is 48.5 Å². The van der Waals surface area contributed by atoms with E-state index in [9.17, 15) is 17.4 Å². The van der Waals surface area contributed by atoms with Gasteiger partial charge in [0.25, 0.3) is 0 Å². The Morgan fingerprint density at radius 1 is 0.960 bits per heavy atom. The molecule has 2 heterocycles. The Labute approximate surface area is 148 Å². The van der Waals surface area contributed by atoms with E-state index in [1.807, 2.05) is 0 Å². The number of hydrogen-bond donors (Lipinski definition) is 1. The molecule has 0 saturated carbocycles. The van der Waals surface area contributed by atoms with E-state index in [0.717, 1.165) is 10.6 Å². The zero-order valence-corrected chi connectivity index (χ0v) is 16.8. The Hall–Kier alpha value is -0.861. The summed E-state index contributed by atoms with van der Waals surface area (Å²) in [6.07, 6.45) is 0. The fraction of sp³-hybridized carbons (Fsp3) is 0.200. The molecule has 0 aliphatic carbocycles. The third-order valence-corrected chi connectivity index (χ3v) is 25.4. The fourth-order valence-corrected chi connectivity index (χ4v) is 28.0. The van der Waals surface area contributed by atoms with Gasteiger partial charge in [-0.05, 0) is 0 Å². The molecule has 1 N–H and O–H groups in total. The molecule has 25 heavy (non-hydrogen) atoms. The molecular weight excluding hydrogens is 491 g/mol. The molecule has 2 aromatic carbocycles. The third-order valence-electron chi connectivity index (χ3n) is 3.70.